The second-order valence-corrected chi connectivity index (χ2v) is 9.29. The van der Waals surface area contributed by atoms with Crippen molar-refractivity contribution in [3.63, 3.8) is 0 Å². The largest absolute Gasteiger partial charge is 0.457 e. The molecule has 0 aromatic heterocycles. The first-order valence-corrected chi connectivity index (χ1v) is 12.7. The highest BCUT2D eigenvalue weighted by molar-refractivity contribution is 5.79. The number of rotatable bonds is 8. The molecule has 0 saturated heterocycles. The summed E-state index contributed by atoms with van der Waals surface area (Å²) < 4.78 is 57.5. The van der Waals surface area contributed by atoms with Crippen LogP contribution >= 0.6 is 0 Å². The molecule has 2 aromatic carbocycles. The molecule has 9 heteroatoms. The van der Waals surface area contributed by atoms with E-state index in [1.807, 2.05) is 31.7 Å². The van der Waals surface area contributed by atoms with Gasteiger partial charge in [-0.1, -0.05) is 40.2 Å². The van der Waals surface area contributed by atoms with Crippen LogP contribution in [0, 0.1) is 17.7 Å². The van der Waals surface area contributed by atoms with E-state index >= 15 is 0 Å². The zero-order chi connectivity index (χ0) is 27.8. The molecule has 2 atom stereocenters. The van der Waals surface area contributed by atoms with Crippen molar-refractivity contribution in [3.8, 4) is 11.5 Å². The molecule has 1 aliphatic rings. The van der Waals surface area contributed by atoms with E-state index in [2.05, 4.69) is 6.92 Å². The summed E-state index contributed by atoms with van der Waals surface area (Å²) >= 11 is 0. The van der Waals surface area contributed by atoms with Gasteiger partial charge in [-0.3, -0.25) is 9.59 Å². The highest BCUT2D eigenvalue weighted by Crippen LogP contribution is 2.34. The molecule has 5 nitrogen and oxygen atoms in total. The Morgan fingerprint density at radius 3 is 2.19 bits per heavy atom. The van der Waals surface area contributed by atoms with Crippen molar-refractivity contribution < 1.29 is 31.9 Å². The van der Waals surface area contributed by atoms with Gasteiger partial charge in [-0.25, -0.2) is 4.39 Å². The van der Waals surface area contributed by atoms with E-state index in [1.54, 1.807) is 12.1 Å². The lowest BCUT2D eigenvalue weighted by atomic mass is 9.95. The van der Waals surface area contributed by atoms with Gasteiger partial charge < -0.3 is 15.4 Å². The van der Waals surface area contributed by atoms with Crippen LogP contribution in [0.2, 0.25) is 0 Å². The molecular weight excluding hydrogens is 488 g/mol. The first-order valence-electron chi connectivity index (χ1n) is 12.7. The van der Waals surface area contributed by atoms with Crippen LogP contribution in [-0.2, 0) is 28.7 Å². The number of amides is 2. The maximum absolute atomic E-state index is 13.8. The Kier molecular flexibility index (Phi) is 10.9. The SMILES string of the molecule is CCC(C)C(N)=O.CCCC(CC)C(=O)N1CCc2ccc(Oc3ccc(C(F)(F)F)c(F)c3)cc2C1. The Labute approximate surface area is 216 Å². The van der Waals surface area contributed by atoms with Gasteiger partial charge in [-0.2, -0.15) is 13.2 Å². The second kappa shape index (κ2) is 13.4. The van der Waals surface area contributed by atoms with Gasteiger partial charge in [0, 0.05) is 31.0 Å². The zero-order valence-corrected chi connectivity index (χ0v) is 21.8. The van der Waals surface area contributed by atoms with Crippen molar-refractivity contribution in [1.29, 1.82) is 0 Å². The average molecular weight is 525 g/mol. The van der Waals surface area contributed by atoms with Crippen molar-refractivity contribution in [3.05, 3.63) is 58.9 Å². The van der Waals surface area contributed by atoms with Crippen LogP contribution in [0.3, 0.4) is 0 Å². The van der Waals surface area contributed by atoms with Crippen molar-refractivity contribution in [2.24, 2.45) is 17.6 Å². The number of nitrogens with two attached hydrogens (primary N) is 1. The molecular formula is C28H36F4N2O3. The summed E-state index contributed by atoms with van der Waals surface area (Å²) in [6.45, 7) is 8.97. The fourth-order valence-corrected chi connectivity index (χ4v) is 4.02. The Morgan fingerprint density at radius 2 is 1.68 bits per heavy atom. The normalized spacial score (nSPS) is 14.6. The first kappa shape index (κ1) is 30.1. The van der Waals surface area contributed by atoms with Crippen LogP contribution in [0.4, 0.5) is 17.6 Å². The molecule has 1 heterocycles. The molecule has 0 aliphatic carbocycles. The van der Waals surface area contributed by atoms with E-state index in [9.17, 15) is 27.2 Å². The van der Waals surface area contributed by atoms with Crippen LogP contribution in [-0.4, -0.2) is 23.3 Å². The lowest BCUT2D eigenvalue weighted by Crippen LogP contribution is -2.39. The third kappa shape index (κ3) is 8.47. The minimum Gasteiger partial charge on any atom is -0.457 e. The standard InChI is InChI=1S/C23H25F4NO2.C5H11NO/c1-3-5-15(4-2)22(29)28-11-10-16-6-7-18(12-17(16)14-28)30-19-8-9-20(21(24)13-19)23(25,26)27;1-3-4(2)5(6)7/h6-9,12-13,15H,3-5,10-11,14H2,1-2H3;4H,3H2,1-2H3,(H2,6,7). The molecule has 0 bridgehead atoms. The Bertz CT molecular complexity index is 1070. The van der Waals surface area contributed by atoms with Crippen molar-refractivity contribution in [2.45, 2.75) is 72.5 Å². The lowest BCUT2D eigenvalue weighted by Gasteiger charge is -2.32. The van der Waals surface area contributed by atoms with E-state index in [4.69, 9.17) is 10.5 Å². The molecule has 2 amide bonds. The third-order valence-corrected chi connectivity index (χ3v) is 6.56. The fraction of sp³-hybridized carbons (Fsp3) is 0.500. The molecule has 37 heavy (non-hydrogen) atoms. The summed E-state index contributed by atoms with van der Waals surface area (Å²) in [6.07, 6.45) is -0.553. The topological polar surface area (TPSA) is 72.6 Å². The Balaban J connectivity index is 0.000000604. The number of primary amides is 1. The predicted molar refractivity (Wildman–Crippen MR) is 134 cm³/mol. The predicted octanol–water partition coefficient (Wildman–Crippen LogP) is 6.87. The highest BCUT2D eigenvalue weighted by Gasteiger charge is 2.34. The maximum atomic E-state index is 13.8. The number of hydrogen-bond donors (Lipinski definition) is 1. The molecule has 3 rings (SSSR count). The second-order valence-electron chi connectivity index (χ2n) is 9.29. The van der Waals surface area contributed by atoms with Crippen LogP contribution in [0.15, 0.2) is 36.4 Å². The summed E-state index contributed by atoms with van der Waals surface area (Å²) in [5.41, 5.74) is 5.62. The summed E-state index contributed by atoms with van der Waals surface area (Å²) in [5, 5.41) is 0. The summed E-state index contributed by atoms with van der Waals surface area (Å²) in [4.78, 5) is 24.8. The van der Waals surface area contributed by atoms with E-state index in [1.165, 1.54) is 0 Å². The number of ether oxygens (including phenoxy) is 1. The molecule has 204 valence electrons. The molecule has 0 spiro atoms. The van der Waals surface area contributed by atoms with Gasteiger partial charge in [0.2, 0.25) is 11.8 Å². The van der Waals surface area contributed by atoms with Crippen LogP contribution in [0.5, 0.6) is 11.5 Å². The molecule has 2 unspecified atom stereocenters. The number of carbonyl (C=O) groups is 2. The van der Waals surface area contributed by atoms with Gasteiger partial charge in [-0.15, -0.1) is 0 Å². The van der Waals surface area contributed by atoms with E-state index in [-0.39, 0.29) is 29.4 Å². The molecule has 2 aromatic rings. The minimum absolute atomic E-state index is 0.0156. The smallest absolute Gasteiger partial charge is 0.419 e. The number of carbonyl (C=O) groups excluding carboxylic acids is 2. The Hall–Kier alpha value is -3.10. The molecule has 0 radical (unpaired) electrons. The van der Waals surface area contributed by atoms with Gasteiger partial charge in [-0.05, 0) is 61.1 Å². The molecule has 2 N–H and O–H groups in total. The quantitative estimate of drug-likeness (QED) is 0.383. The number of nitrogens with zero attached hydrogens (tertiary/aromatic N) is 1. The van der Waals surface area contributed by atoms with Crippen LogP contribution in [0.1, 0.15) is 70.1 Å². The number of benzene rings is 2. The van der Waals surface area contributed by atoms with Gasteiger partial charge in [0.25, 0.3) is 0 Å². The van der Waals surface area contributed by atoms with E-state index in [0.717, 1.165) is 55.4 Å². The molecule has 0 saturated carbocycles. The number of alkyl halides is 3. The Morgan fingerprint density at radius 1 is 1.03 bits per heavy atom. The van der Waals surface area contributed by atoms with Crippen molar-refractivity contribution in [1.82, 2.24) is 4.90 Å². The first-order chi connectivity index (χ1) is 17.4. The number of halogens is 4. The minimum atomic E-state index is -4.75. The van der Waals surface area contributed by atoms with Gasteiger partial charge >= 0.3 is 6.18 Å². The fourth-order valence-electron chi connectivity index (χ4n) is 4.02. The zero-order valence-electron chi connectivity index (χ0n) is 21.8. The van der Waals surface area contributed by atoms with Crippen LogP contribution < -0.4 is 10.5 Å². The molecule has 0 fully saturated rings. The highest BCUT2D eigenvalue weighted by atomic mass is 19.4. The monoisotopic (exact) mass is 524 g/mol. The van der Waals surface area contributed by atoms with E-state index < -0.39 is 17.6 Å². The van der Waals surface area contributed by atoms with Crippen molar-refractivity contribution in [2.75, 3.05) is 6.54 Å². The van der Waals surface area contributed by atoms with Crippen LogP contribution in [0.25, 0.3) is 0 Å². The summed E-state index contributed by atoms with van der Waals surface area (Å²) in [6, 6.07) is 7.85. The average Bonchev–Trinajstić information content (AvgIpc) is 2.85. The van der Waals surface area contributed by atoms with Gasteiger partial charge in [0.05, 0.1) is 5.56 Å². The third-order valence-electron chi connectivity index (χ3n) is 6.56. The summed E-state index contributed by atoms with van der Waals surface area (Å²) in [7, 11) is 0. The van der Waals surface area contributed by atoms with E-state index in [0.29, 0.717) is 24.9 Å². The van der Waals surface area contributed by atoms with Gasteiger partial charge in [0.1, 0.15) is 17.3 Å². The lowest BCUT2D eigenvalue weighted by molar-refractivity contribution is -0.140. The maximum Gasteiger partial charge on any atom is 0.419 e. The molecule has 1 aliphatic heterocycles. The number of hydrogen-bond acceptors (Lipinski definition) is 3. The van der Waals surface area contributed by atoms with Crippen molar-refractivity contribution >= 4 is 11.8 Å². The number of fused-ring (bicyclic) bond motifs is 1. The summed E-state index contributed by atoms with van der Waals surface area (Å²) in [5.74, 6) is -0.994. The van der Waals surface area contributed by atoms with Gasteiger partial charge in [0.15, 0.2) is 0 Å².